The summed E-state index contributed by atoms with van der Waals surface area (Å²) in [4.78, 5) is 23.9. The molecule has 0 unspecified atom stereocenters. The molecule has 0 fully saturated rings. The fraction of sp³-hybridized carbons (Fsp3) is 0.192. The van der Waals surface area contributed by atoms with Crippen molar-refractivity contribution in [3.05, 3.63) is 84.3 Å². The highest BCUT2D eigenvalue weighted by atomic mass is 19.1. The van der Waals surface area contributed by atoms with Gasteiger partial charge in [0.15, 0.2) is 0 Å². The number of halogens is 1. The predicted molar refractivity (Wildman–Crippen MR) is 129 cm³/mol. The molecule has 2 amide bonds. The number of methoxy groups -OCH3 is 1. The fourth-order valence-electron chi connectivity index (χ4n) is 3.76. The largest absolute Gasteiger partial charge is 0.497 e. The Morgan fingerprint density at radius 3 is 2.49 bits per heavy atom. The zero-order valence-corrected chi connectivity index (χ0v) is 19.5. The van der Waals surface area contributed by atoms with Crippen molar-refractivity contribution < 1.29 is 23.5 Å². The molecule has 2 N–H and O–H groups in total. The maximum absolute atomic E-state index is 13.3. The van der Waals surface area contributed by atoms with Crippen molar-refractivity contribution in [1.82, 2.24) is 20.4 Å². The van der Waals surface area contributed by atoms with E-state index in [0.717, 1.165) is 22.2 Å². The number of rotatable bonds is 7. The highest BCUT2D eigenvalue weighted by molar-refractivity contribution is 6.35. The number of nitrogens with one attached hydrogen (secondary N) is 2. The van der Waals surface area contributed by atoms with Crippen molar-refractivity contribution >= 4 is 22.7 Å². The number of amides is 2. The van der Waals surface area contributed by atoms with E-state index < -0.39 is 24.0 Å². The van der Waals surface area contributed by atoms with E-state index in [1.54, 1.807) is 43.1 Å². The Morgan fingerprint density at radius 1 is 1.00 bits per heavy atom. The number of likely N-dealkylation sites (N-methyl/N-ethyl adjacent to an activating group) is 1. The van der Waals surface area contributed by atoms with Crippen molar-refractivity contribution in [1.29, 1.82) is 0 Å². The van der Waals surface area contributed by atoms with Crippen LogP contribution in [0.25, 0.3) is 16.6 Å². The molecular formula is C26H25FN4O4. The molecule has 1 heterocycles. The van der Waals surface area contributed by atoms with Crippen molar-refractivity contribution in [3.8, 4) is 17.2 Å². The SMILES string of the molecule is CNC(=O)C(=O)N[C@@H](C)[C@H](Oc1ccc2c(cnn2-c2ccc(F)cc2)c1)c1cccc(OC)c1. The first-order chi connectivity index (χ1) is 16.9. The number of ether oxygens (including phenoxy) is 2. The lowest BCUT2D eigenvalue weighted by atomic mass is 10.0. The minimum atomic E-state index is -0.757. The van der Waals surface area contributed by atoms with E-state index in [1.807, 2.05) is 36.4 Å². The lowest BCUT2D eigenvalue weighted by Crippen LogP contribution is -2.45. The predicted octanol–water partition coefficient (Wildman–Crippen LogP) is 3.54. The van der Waals surface area contributed by atoms with Crippen LogP contribution in [-0.4, -0.2) is 41.8 Å². The maximum Gasteiger partial charge on any atom is 0.309 e. The van der Waals surface area contributed by atoms with Gasteiger partial charge in [-0.25, -0.2) is 9.07 Å². The Morgan fingerprint density at radius 2 is 1.77 bits per heavy atom. The lowest BCUT2D eigenvalue weighted by Gasteiger charge is -2.26. The number of hydrogen-bond acceptors (Lipinski definition) is 5. The van der Waals surface area contributed by atoms with Crippen LogP contribution in [0, 0.1) is 5.82 Å². The van der Waals surface area contributed by atoms with Gasteiger partial charge in [0, 0.05) is 12.4 Å². The number of aromatic nitrogens is 2. The van der Waals surface area contributed by atoms with Gasteiger partial charge in [-0.1, -0.05) is 12.1 Å². The number of hydrogen-bond donors (Lipinski definition) is 2. The topological polar surface area (TPSA) is 94.5 Å². The van der Waals surface area contributed by atoms with E-state index in [0.29, 0.717) is 11.5 Å². The molecule has 9 heteroatoms. The van der Waals surface area contributed by atoms with Gasteiger partial charge in [-0.05, 0) is 67.1 Å². The Bertz CT molecular complexity index is 1350. The molecule has 8 nitrogen and oxygen atoms in total. The van der Waals surface area contributed by atoms with Gasteiger partial charge in [0.05, 0.1) is 30.6 Å². The third-order valence-corrected chi connectivity index (χ3v) is 5.54. The molecule has 4 rings (SSSR count). The molecule has 1 aromatic heterocycles. The zero-order chi connectivity index (χ0) is 24.9. The molecule has 0 spiro atoms. The summed E-state index contributed by atoms with van der Waals surface area (Å²) in [6.45, 7) is 1.76. The summed E-state index contributed by atoms with van der Waals surface area (Å²) in [5.74, 6) is -0.632. The fourth-order valence-corrected chi connectivity index (χ4v) is 3.76. The second-order valence-electron chi connectivity index (χ2n) is 7.91. The molecule has 0 aliphatic rings. The highest BCUT2D eigenvalue weighted by Gasteiger charge is 2.26. The summed E-state index contributed by atoms with van der Waals surface area (Å²) in [7, 11) is 2.96. The summed E-state index contributed by atoms with van der Waals surface area (Å²) < 4.78 is 26.7. The summed E-state index contributed by atoms with van der Waals surface area (Å²) in [6.07, 6.45) is 1.08. The van der Waals surface area contributed by atoms with E-state index in [2.05, 4.69) is 15.7 Å². The first-order valence-corrected chi connectivity index (χ1v) is 11.0. The molecule has 0 aliphatic carbocycles. The number of carbonyl (C=O) groups excluding carboxylic acids is 2. The van der Waals surface area contributed by atoms with Gasteiger partial charge in [0.25, 0.3) is 0 Å². The van der Waals surface area contributed by atoms with Crippen molar-refractivity contribution in [2.45, 2.75) is 19.1 Å². The van der Waals surface area contributed by atoms with Gasteiger partial charge in [0.2, 0.25) is 0 Å². The molecule has 180 valence electrons. The Hall–Kier alpha value is -4.40. The van der Waals surface area contributed by atoms with Crippen LogP contribution in [0.4, 0.5) is 4.39 Å². The summed E-state index contributed by atoms with van der Waals surface area (Å²) >= 11 is 0. The van der Waals surface area contributed by atoms with Gasteiger partial charge < -0.3 is 20.1 Å². The average molecular weight is 477 g/mol. The van der Waals surface area contributed by atoms with Gasteiger partial charge >= 0.3 is 11.8 Å². The smallest absolute Gasteiger partial charge is 0.309 e. The number of nitrogens with zero attached hydrogens (tertiary/aromatic N) is 2. The van der Waals surface area contributed by atoms with E-state index in [4.69, 9.17) is 9.47 Å². The van der Waals surface area contributed by atoms with Crippen LogP contribution in [0.2, 0.25) is 0 Å². The molecule has 0 bridgehead atoms. The molecule has 0 saturated heterocycles. The van der Waals surface area contributed by atoms with Crippen LogP contribution >= 0.6 is 0 Å². The normalized spacial score (nSPS) is 12.6. The lowest BCUT2D eigenvalue weighted by molar-refractivity contribution is -0.139. The summed E-state index contributed by atoms with van der Waals surface area (Å²) in [6, 6.07) is 18.3. The maximum atomic E-state index is 13.3. The van der Waals surface area contributed by atoms with E-state index in [9.17, 15) is 14.0 Å². The molecular weight excluding hydrogens is 451 g/mol. The molecule has 4 aromatic rings. The van der Waals surface area contributed by atoms with E-state index >= 15 is 0 Å². The summed E-state index contributed by atoms with van der Waals surface area (Å²) in [5.41, 5.74) is 2.31. The molecule has 3 aromatic carbocycles. The first-order valence-electron chi connectivity index (χ1n) is 11.0. The monoisotopic (exact) mass is 476 g/mol. The molecule has 0 radical (unpaired) electrons. The van der Waals surface area contributed by atoms with Crippen LogP contribution in [0.15, 0.2) is 72.9 Å². The molecule has 0 aliphatic heterocycles. The van der Waals surface area contributed by atoms with Crippen molar-refractivity contribution in [2.24, 2.45) is 0 Å². The van der Waals surface area contributed by atoms with E-state index in [-0.39, 0.29) is 5.82 Å². The minimum Gasteiger partial charge on any atom is -0.497 e. The third-order valence-electron chi connectivity index (χ3n) is 5.54. The second kappa shape index (κ2) is 10.3. The standard InChI is InChI=1S/C26H25FN4O4/c1-16(30-26(33)25(32)28-2)24(17-5-4-6-21(13-17)34-3)35-22-11-12-23-18(14-22)15-29-31(23)20-9-7-19(27)8-10-20/h4-16,24H,1-3H3,(H,28,32)(H,30,33)/t16-,24-/m0/s1. The van der Waals surface area contributed by atoms with Crippen molar-refractivity contribution in [3.63, 3.8) is 0 Å². The molecule has 35 heavy (non-hydrogen) atoms. The van der Waals surface area contributed by atoms with Gasteiger partial charge in [0.1, 0.15) is 23.4 Å². The first kappa shape index (κ1) is 23.7. The molecule has 0 saturated carbocycles. The second-order valence-corrected chi connectivity index (χ2v) is 7.91. The summed E-state index contributed by atoms with van der Waals surface area (Å²) in [5, 5.41) is 10.2. The average Bonchev–Trinajstić information content (AvgIpc) is 3.30. The van der Waals surface area contributed by atoms with Crippen LogP contribution < -0.4 is 20.1 Å². The Kier molecular flexibility index (Phi) is 6.96. The number of fused-ring (bicyclic) bond motifs is 1. The van der Waals surface area contributed by atoms with Gasteiger partial charge in [-0.3, -0.25) is 9.59 Å². The quantitative estimate of drug-likeness (QED) is 0.398. The van der Waals surface area contributed by atoms with Crippen LogP contribution in [0.3, 0.4) is 0 Å². The zero-order valence-electron chi connectivity index (χ0n) is 19.5. The van der Waals surface area contributed by atoms with E-state index in [1.165, 1.54) is 19.2 Å². The van der Waals surface area contributed by atoms with Gasteiger partial charge in [-0.2, -0.15) is 5.10 Å². The Labute approximate surface area is 201 Å². The van der Waals surface area contributed by atoms with Crippen LogP contribution in [0.1, 0.15) is 18.6 Å². The van der Waals surface area contributed by atoms with Crippen LogP contribution in [-0.2, 0) is 9.59 Å². The minimum absolute atomic E-state index is 0.317. The van der Waals surface area contributed by atoms with Crippen LogP contribution in [0.5, 0.6) is 11.5 Å². The van der Waals surface area contributed by atoms with Crippen molar-refractivity contribution in [2.75, 3.05) is 14.2 Å². The third kappa shape index (κ3) is 5.24. The Balaban J connectivity index is 1.64. The highest BCUT2D eigenvalue weighted by Crippen LogP contribution is 2.30. The number of carbonyl (C=O) groups is 2. The molecule has 2 atom stereocenters. The number of benzene rings is 3. The van der Waals surface area contributed by atoms with Gasteiger partial charge in [-0.15, -0.1) is 0 Å².